The molecule has 2 atom stereocenters. The maximum absolute atomic E-state index is 13.9. The lowest BCUT2D eigenvalue weighted by Crippen LogP contribution is -2.41. The Labute approximate surface area is 117 Å². The molecule has 0 spiro atoms. The topological polar surface area (TPSA) is 46.3 Å². The van der Waals surface area contributed by atoms with E-state index < -0.39 is 5.82 Å². The predicted molar refractivity (Wildman–Crippen MR) is 73.7 cm³/mol. The Hall–Kier alpha value is -1.13. The number of halogens is 2. The molecular formula is C14H18ClFN2O. The van der Waals surface area contributed by atoms with Gasteiger partial charge in [-0.1, -0.05) is 24.1 Å². The molecule has 1 saturated carbocycles. The van der Waals surface area contributed by atoms with Gasteiger partial charge in [0.25, 0.3) is 5.91 Å². The van der Waals surface area contributed by atoms with Crippen molar-refractivity contribution in [2.24, 2.45) is 11.7 Å². The van der Waals surface area contributed by atoms with Gasteiger partial charge in [0.1, 0.15) is 0 Å². The average Bonchev–Trinajstić information content (AvgIpc) is 2.88. The van der Waals surface area contributed by atoms with Crippen molar-refractivity contribution in [3.63, 3.8) is 0 Å². The number of benzene rings is 1. The standard InChI is InChI=1S/C14H18ClFN2O/c1-18(12-7-2-4-9(12)8-17)14(19)10-5-3-6-11(15)13(10)16/h3,5-6,9,12H,2,4,7-8,17H2,1H3. The van der Waals surface area contributed by atoms with Crippen LogP contribution in [0.5, 0.6) is 0 Å². The molecule has 0 radical (unpaired) electrons. The summed E-state index contributed by atoms with van der Waals surface area (Å²) in [4.78, 5) is 14.0. The van der Waals surface area contributed by atoms with E-state index in [0.29, 0.717) is 12.5 Å². The summed E-state index contributed by atoms with van der Waals surface area (Å²) in [7, 11) is 1.71. The van der Waals surface area contributed by atoms with Crippen LogP contribution in [0.25, 0.3) is 0 Å². The number of carbonyl (C=O) groups excluding carboxylic acids is 1. The Kier molecular flexibility index (Phi) is 4.42. The molecule has 0 bridgehead atoms. The van der Waals surface area contributed by atoms with Crippen molar-refractivity contribution in [2.45, 2.75) is 25.3 Å². The largest absolute Gasteiger partial charge is 0.338 e. The summed E-state index contributed by atoms with van der Waals surface area (Å²) < 4.78 is 13.9. The van der Waals surface area contributed by atoms with E-state index in [9.17, 15) is 9.18 Å². The highest BCUT2D eigenvalue weighted by Crippen LogP contribution is 2.30. The zero-order valence-electron chi connectivity index (χ0n) is 10.9. The number of nitrogens with zero attached hydrogens (tertiary/aromatic N) is 1. The molecule has 104 valence electrons. The summed E-state index contributed by atoms with van der Waals surface area (Å²) in [6.45, 7) is 0.556. The predicted octanol–water partition coefficient (Wildman–Crippen LogP) is 2.68. The molecule has 2 rings (SSSR count). The molecule has 0 aromatic heterocycles. The van der Waals surface area contributed by atoms with Crippen molar-refractivity contribution in [2.75, 3.05) is 13.6 Å². The second-order valence-electron chi connectivity index (χ2n) is 5.01. The first kappa shape index (κ1) is 14.3. The summed E-state index contributed by atoms with van der Waals surface area (Å²) in [5, 5.41) is -0.0268. The highest BCUT2D eigenvalue weighted by Gasteiger charge is 2.32. The van der Waals surface area contributed by atoms with Gasteiger partial charge in [-0.2, -0.15) is 0 Å². The molecule has 1 aliphatic carbocycles. The van der Waals surface area contributed by atoms with Gasteiger partial charge in [-0.3, -0.25) is 4.79 Å². The van der Waals surface area contributed by atoms with Gasteiger partial charge in [-0.25, -0.2) is 4.39 Å². The molecule has 19 heavy (non-hydrogen) atoms. The molecule has 1 amide bonds. The highest BCUT2D eigenvalue weighted by molar-refractivity contribution is 6.31. The lowest BCUT2D eigenvalue weighted by molar-refractivity contribution is 0.0695. The third-order valence-electron chi connectivity index (χ3n) is 3.92. The fourth-order valence-corrected chi connectivity index (χ4v) is 2.99. The minimum atomic E-state index is -0.650. The maximum atomic E-state index is 13.9. The Morgan fingerprint density at radius 1 is 1.53 bits per heavy atom. The number of rotatable bonds is 3. The molecule has 1 fully saturated rings. The number of hydrogen-bond donors (Lipinski definition) is 1. The maximum Gasteiger partial charge on any atom is 0.256 e. The van der Waals surface area contributed by atoms with E-state index in [4.69, 9.17) is 17.3 Å². The monoisotopic (exact) mass is 284 g/mol. The quantitative estimate of drug-likeness (QED) is 0.927. The van der Waals surface area contributed by atoms with Gasteiger partial charge in [0.05, 0.1) is 10.6 Å². The molecule has 0 heterocycles. The lowest BCUT2D eigenvalue weighted by Gasteiger charge is -2.29. The highest BCUT2D eigenvalue weighted by atomic mass is 35.5. The van der Waals surface area contributed by atoms with Gasteiger partial charge in [0, 0.05) is 13.1 Å². The van der Waals surface area contributed by atoms with Crippen LogP contribution in [-0.2, 0) is 0 Å². The molecule has 2 N–H and O–H groups in total. The fourth-order valence-electron chi connectivity index (χ4n) is 2.81. The molecule has 1 aromatic rings. The van der Waals surface area contributed by atoms with Crippen molar-refractivity contribution in [1.82, 2.24) is 4.90 Å². The zero-order valence-corrected chi connectivity index (χ0v) is 11.7. The molecule has 1 aromatic carbocycles. The van der Waals surface area contributed by atoms with Crippen LogP contribution in [-0.4, -0.2) is 30.4 Å². The second-order valence-corrected chi connectivity index (χ2v) is 5.42. The Morgan fingerprint density at radius 2 is 2.26 bits per heavy atom. The minimum absolute atomic E-state index is 0.0256. The molecule has 3 nitrogen and oxygen atoms in total. The van der Waals surface area contributed by atoms with Crippen LogP contribution in [0.3, 0.4) is 0 Å². The average molecular weight is 285 g/mol. The van der Waals surface area contributed by atoms with Crippen LogP contribution in [0.2, 0.25) is 5.02 Å². The number of hydrogen-bond acceptors (Lipinski definition) is 2. The van der Waals surface area contributed by atoms with E-state index in [1.165, 1.54) is 12.1 Å². The molecule has 0 aliphatic heterocycles. The van der Waals surface area contributed by atoms with Gasteiger partial charge in [-0.15, -0.1) is 0 Å². The van der Waals surface area contributed by atoms with Gasteiger partial charge >= 0.3 is 0 Å². The first-order valence-corrected chi connectivity index (χ1v) is 6.85. The SMILES string of the molecule is CN(C(=O)c1cccc(Cl)c1F)C1CCCC1CN. The first-order chi connectivity index (χ1) is 9.06. The van der Waals surface area contributed by atoms with E-state index in [1.807, 2.05) is 0 Å². The van der Waals surface area contributed by atoms with Crippen LogP contribution in [0.15, 0.2) is 18.2 Å². The first-order valence-electron chi connectivity index (χ1n) is 6.47. The van der Waals surface area contributed by atoms with Gasteiger partial charge in [-0.05, 0) is 37.4 Å². The van der Waals surface area contributed by atoms with Crippen LogP contribution < -0.4 is 5.73 Å². The number of nitrogens with two attached hydrogens (primary N) is 1. The Morgan fingerprint density at radius 3 is 2.95 bits per heavy atom. The summed E-state index contributed by atoms with van der Waals surface area (Å²) in [6.07, 6.45) is 3.01. The van der Waals surface area contributed by atoms with Crippen LogP contribution >= 0.6 is 11.6 Å². The smallest absolute Gasteiger partial charge is 0.256 e. The van der Waals surface area contributed by atoms with E-state index in [2.05, 4.69) is 0 Å². The lowest BCUT2D eigenvalue weighted by atomic mass is 10.0. The molecule has 5 heteroatoms. The Balaban J connectivity index is 2.21. The second kappa shape index (κ2) is 5.88. The summed E-state index contributed by atoms with van der Waals surface area (Å²) in [5.74, 6) is -0.676. The molecule has 1 aliphatic rings. The molecular weight excluding hydrogens is 267 g/mol. The van der Waals surface area contributed by atoms with Crippen molar-refractivity contribution < 1.29 is 9.18 Å². The van der Waals surface area contributed by atoms with Crippen LogP contribution in [0.4, 0.5) is 4.39 Å². The minimum Gasteiger partial charge on any atom is -0.338 e. The fraction of sp³-hybridized carbons (Fsp3) is 0.500. The molecule has 0 saturated heterocycles. The van der Waals surface area contributed by atoms with E-state index in [0.717, 1.165) is 19.3 Å². The van der Waals surface area contributed by atoms with E-state index in [-0.39, 0.29) is 22.5 Å². The van der Waals surface area contributed by atoms with Crippen molar-refractivity contribution in [1.29, 1.82) is 0 Å². The van der Waals surface area contributed by atoms with E-state index in [1.54, 1.807) is 18.0 Å². The Bertz CT molecular complexity index is 481. The van der Waals surface area contributed by atoms with Crippen molar-refractivity contribution >= 4 is 17.5 Å². The van der Waals surface area contributed by atoms with Crippen molar-refractivity contribution in [3.8, 4) is 0 Å². The van der Waals surface area contributed by atoms with Gasteiger partial charge < -0.3 is 10.6 Å². The van der Waals surface area contributed by atoms with Crippen LogP contribution in [0, 0.1) is 11.7 Å². The van der Waals surface area contributed by atoms with Crippen LogP contribution in [0.1, 0.15) is 29.6 Å². The van der Waals surface area contributed by atoms with Gasteiger partial charge in [0.2, 0.25) is 0 Å². The number of amides is 1. The third kappa shape index (κ3) is 2.74. The third-order valence-corrected chi connectivity index (χ3v) is 4.21. The molecule has 2 unspecified atom stereocenters. The number of carbonyl (C=O) groups is 1. The van der Waals surface area contributed by atoms with Gasteiger partial charge in [0.15, 0.2) is 5.82 Å². The van der Waals surface area contributed by atoms with Crippen molar-refractivity contribution in [3.05, 3.63) is 34.6 Å². The summed E-state index contributed by atoms with van der Waals surface area (Å²) >= 11 is 5.71. The summed E-state index contributed by atoms with van der Waals surface area (Å²) in [6, 6.07) is 4.58. The zero-order chi connectivity index (χ0) is 14.0. The van der Waals surface area contributed by atoms with E-state index >= 15 is 0 Å². The normalized spacial score (nSPS) is 22.5. The summed E-state index contributed by atoms with van der Waals surface area (Å²) in [5.41, 5.74) is 5.75.